The summed E-state index contributed by atoms with van der Waals surface area (Å²) in [4.78, 5) is 11.7. The Morgan fingerprint density at radius 2 is 2.06 bits per heavy atom. The van der Waals surface area contributed by atoms with Crippen LogP contribution in [-0.4, -0.2) is 13.1 Å². The number of hydrogen-bond donors (Lipinski definition) is 0. The van der Waals surface area contributed by atoms with Crippen LogP contribution in [0.15, 0.2) is 22.7 Å². The number of esters is 1. The Balaban J connectivity index is 2.33. The third-order valence-electron chi connectivity index (χ3n) is 3.85. The van der Waals surface area contributed by atoms with Crippen LogP contribution in [0.1, 0.15) is 30.9 Å². The second-order valence-electron chi connectivity index (χ2n) is 5.30. The van der Waals surface area contributed by atoms with Crippen LogP contribution in [0.4, 0.5) is 0 Å². The third-order valence-corrected chi connectivity index (χ3v) is 4.34. The van der Waals surface area contributed by atoms with Gasteiger partial charge in [-0.25, -0.2) is 0 Å². The lowest BCUT2D eigenvalue weighted by Crippen LogP contribution is -2.07. The molecule has 1 saturated carbocycles. The van der Waals surface area contributed by atoms with Gasteiger partial charge >= 0.3 is 5.97 Å². The van der Waals surface area contributed by atoms with Crippen LogP contribution >= 0.6 is 15.9 Å². The maximum absolute atomic E-state index is 11.7. The summed E-state index contributed by atoms with van der Waals surface area (Å²) in [6.45, 7) is 6.34. The quantitative estimate of drug-likeness (QED) is 0.779. The monoisotopic (exact) mass is 296 g/mol. The van der Waals surface area contributed by atoms with Crippen LogP contribution in [0.2, 0.25) is 0 Å². The van der Waals surface area contributed by atoms with Crippen molar-refractivity contribution in [2.75, 3.05) is 7.11 Å². The zero-order chi connectivity index (χ0) is 12.8. The highest BCUT2D eigenvalue weighted by Crippen LogP contribution is 2.65. The van der Waals surface area contributed by atoms with E-state index in [0.29, 0.717) is 0 Å². The summed E-state index contributed by atoms with van der Waals surface area (Å²) >= 11 is 3.46. The number of aryl methyl sites for hydroxylation is 1. The summed E-state index contributed by atoms with van der Waals surface area (Å²) in [5.41, 5.74) is 2.49. The number of carbonyl (C=O) groups excluding carboxylic acids is 1. The zero-order valence-electron chi connectivity index (χ0n) is 10.6. The highest BCUT2D eigenvalue weighted by molar-refractivity contribution is 9.10. The van der Waals surface area contributed by atoms with Gasteiger partial charge in [0.25, 0.3) is 0 Å². The molecule has 3 heteroatoms. The van der Waals surface area contributed by atoms with Crippen LogP contribution in [-0.2, 0) is 9.53 Å². The van der Waals surface area contributed by atoms with Crippen molar-refractivity contribution >= 4 is 21.9 Å². The fourth-order valence-electron chi connectivity index (χ4n) is 2.77. The molecule has 1 fully saturated rings. The number of halogens is 1. The molecule has 1 aromatic carbocycles. The molecule has 2 rings (SSSR count). The van der Waals surface area contributed by atoms with Crippen LogP contribution in [0.25, 0.3) is 0 Å². The Labute approximate surface area is 110 Å². The molecule has 1 aliphatic rings. The van der Waals surface area contributed by atoms with E-state index in [9.17, 15) is 4.79 Å². The van der Waals surface area contributed by atoms with Crippen molar-refractivity contribution in [2.24, 2.45) is 11.3 Å². The number of ether oxygens (including phenoxy) is 1. The first-order valence-corrected chi connectivity index (χ1v) is 6.52. The van der Waals surface area contributed by atoms with Gasteiger partial charge < -0.3 is 4.74 Å². The lowest BCUT2D eigenvalue weighted by atomic mass is 9.99. The van der Waals surface area contributed by atoms with Gasteiger partial charge in [0, 0.05) is 10.4 Å². The normalized spacial score (nSPS) is 25.5. The molecule has 2 atom stereocenters. The van der Waals surface area contributed by atoms with Crippen LogP contribution in [0.3, 0.4) is 0 Å². The molecular weight excluding hydrogens is 280 g/mol. The van der Waals surface area contributed by atoms with Crippen molar-refractivity contribution in [1.29, 1.82) is 0 Å². The minimum Gasteiger partial charge on any atom is -0.469 e. The number of benzene rings is 1. The Bertz CT molecular complexity index is 465. The average molecular weight is 297 g/mol. The van der Waals surface area contributed by atoms with Gasteiger partial charge in [0.1, 0.15) is 0 Å². The van der Waals surface area contributed by atoms with Gasteiger partial charge in [0.2, 0.25) is 0 Å². The van der Waals surface area contributed by atoms with Crippen molar-refractivity contribution in [1.82, 2.24) is 0 Å². The molecule has 0 N–H and O–H groups in total. The molecule has 92 valence electrons. The van der Waals surface area contributed by atoms with E-state index in [-0.39, 0.29) is 23.2 Å². The second-order valence-corrected chi connectivity index (χ2v) is 6.22. The smallest absolute Gasteiger partial charge is 0.309 e. The molecule has 0 amide bonds. The largest absolute Gasteiger partial charge is 0.469 e. The lowest BCUT2D eigenvalue weighted by molar-refractivity contribution is -0.143. The topological polar surface area (TPSA) is 26.3 Å². The van der Waals surface area contributed by atoms with Crippen molar-refractivity contribution in [3.63, 3.8) is 0 Å². The van der Waals surface area contributed by atoms with E-state index in [0.717, 1.165) is 4.47 Å². The zero-order valence-corrected chi connectivity index (χ0v) is 12.2. The minimum absolute atomic E-state index is 0.00564. The summed E-state index contributed by atoms with van der Waals surface area (Å²) in [7, 11) is 1.46. The first kappa shape index (κ1) is 12.6. The van der Waals surface area contributed by atoms with E-state index in [4.69, 9.17) is 4.74 Å². The predicted octanol–water partition coefficient (Wildman–Crippen LogP) is 3.67. The number of methoxy groups -OCH3 is 1. The summed E-state index contributed by atoms with van der Waals surface area (Å²) < 4.78 is 5.95. The van der Waals surface area contributed by atoms with Gasteiger partial charge in [0.15, 0.2) is 0 Å². The highest BCUT2D eigenvalue weighted by atomic mass is 79.9. The molecule has 2 nitrogen and oxygen atoms in total. The van der Waals surface area contributed by atoms with Gasteiger partial charge in [0.05, 0.1) is 13.0 Å². The molecule has 0 spiro atoms. The molecule has 0 heterocycles. The van der Waals surface area contributed by atoms with E-state index in [1.807, 2.05) is 6.07 Å². The van der Waals surface area contributed by atoms with Crippen LogP contribution in [0.5, 0.6) is 0 Å². The number of hydrogen-bond acceptors (Lipinski definition) is 2. The number of carbonyl (C=O) groups is 1. The maximum Gasteiger partial charge on any atom is 0.309 e. The molecule has 17 heavy (non-hydrogen) atoms. The fraction of sp³-hybridized carbons (Fsp3) is 0.500. The maximum atomic E-state index is 11.7. The Hall–Kier alpha value is -0.830. The summed E-state index contributed by atoms with van der Waals surface area (Å²) in [5, 5.41) is 0. The third kappa shape index (κ3) is 2.01. The van der Waals surface area contributed by atoms with E-state index in [1.54, 1.807) is 0 Å². The average Bonchev–Trinajstić information content (AvgIpc) is 2.80. The molecular formula is C14H17BrO2. The van der Waals surface area contributed by atoms with Gasteiger partial charge in [-0.2, -0.15) is 0 Å². The molecule has 0 aromatic heterocycles. The first-order chi connectivity index (χ1) is 7.89. The van der Waals surface area contributed by atoms with Gasteiger partial charge in [-0.15, -0.1) is 0 Å². The predicted molar refractivity (Wildman–Crippen MR) is 70.9 cm³/mol. The second kappa shape index (κ2) is 4.13. The van der Waals surface area contributed by atoms with E-state index in [1.165, 1.54) is 18.2 Å². The SMILES string of the molecule is COC(=O)C1C(c2ccc(Br)cc2C)C1(C)C. The summed E-state index contributed by atoms with van der Waals surface area (Å²) in [5.74, 6) is 0.178. The highest BCUT2D eigenvalue weighted by Gasteiger charge is 2.63. The van der Waals surface area contributed by atoms with Crippen molar-refractivity contribution in [3.05, 3.63) is 33.8 Å². The molecule has 0 aliphatic heterocycles. The fourth-order valence-corrected chi connectivity index (χ4v) is 3.25. The van der Waals surface area contributed by atoms with E-state index < -0.39 is 0 Å². The molecule has 0 bridgehead atoms. The van der Waals surface area contributed by atoms with Crippen LogP contribution in [0, 0.1) is 18.3 Å². The van der Waals surface area contributed by atoms with Crippen LogP contribution < -0.4 is 0 Å². The summed E-state index contributed by atoms with van der Waals surface area (Å²) in [6.07, 6.45) is 0. The Kier molecular flexibility index (Phi) is 3.06. The van der Waals surface area contributed by atoms with Crippen molar-refractivity contribution < 1.29 is 9.53 Å². The van der Waals surface area contributed by atoms with E-state index in [2.05, 4.69) is 48.8 Å². The molecule has 1 aromatic rings. The standard InChI is InChI=1S/C14H17BrO2/c1-8-7-9(15)5-6-10(8)11-12(13(16)17-4)14(11,2)3/h5-7,11-12H,1-4H3. The van der Waals surface area contributed by atoms with Crippen molar-refractivity contribution in [3.8, 4) is 0 Å². The number of rotatable bonds is 2. The molecule has 0 radical (unpaired) electrons. The van der Waals surface area contributed by atoms with Gasteiger partial charge in [-0.1, -0.05) is 35.8 Å². The molecule has 2 unspecified atom stereocenters. The summed E-state index contributed by atoms with van der Waals surface area (Å²) in [6, 6.07) is 6.23. The molecule has 1 aliphatic carbocycles. The Morgan fingerprint density at radius 1 is 1.41 bits per heavy atom. The van der Waals surface area contributed by atoms with Gasteiger partial charge in [-0.3, -0.25) is 4.79 Å². The van der Waals surface area contributed by atoms with Crippen molar-refractivity contribution in [2.45, 2.75) is 26.7 Å². The first-order valence-electron chi connectivity index (χ1n) is 5.73. The van der Waals surface area contributed by atoms with E-state index >= 15 is 0 Å². The lowest BCUT2D eigenvalue weighted by Gasteiger charge is -2.07. The minimum atomic E-state index is -0.0951. The molecule has 0 saturated heterocycles. The van der Waals surface area contributed by atoms with Gasteiger partial charge in [-0.05, 0) is 35.6 Å². The Morgan fingerprint density at radius 3 is 2.59 bits per heavy atom.